The summed E-state index contributed by atoms with van der Waals surface area (Å²) in [6.45, 7) is 8.23. The number of nitrogens with one attached hydrogen (secondary N) is 2. The lowest BCUT2D eigenvalue weighted by atomic mass is 10.1. The van der Waals surface area contributed by atoms with Crippen LogP contribution in [-0.2, 0) is 4.79 Å². The highest BCUT2D eigenvalue weighted by molar-refractivity contribution is 6.04. The van der Waals surface area contributed by atoms with Crippen molar-refractivity contribution in [2.75, 3.05) is 11.9 Å². The quantitative estimate of drug-likeness (QED) is 0.794. The van der Waals surface area contributed by atoms with Crippen LogP contribution in [0.1, 0.15) is 41.8 Å². The van der Waals surface area contributed by atoms with Crippen LogP contribution in [0, 0.1) is 13.8 Å². The molecule has 0 spiro atoms. The molecule has 0 aromatic heterocycles. The van der Waals surface area contributed by atoms with Gasteiger partial charge in [-0.05, 0) is 62.6 Å². The van der Waals surface area contributed by atoms with Crippen molar-refractivity contribution < 1.29 is 14.3 Å². The molecule has 5 heteroatoms. The van der Waals surface area contributed by atoms with Crippen molar-refractivity contribution in [1.29, 1.82) is 0 Å². The zero-order valence-electron chi connectivity index (χ0n) is 15.8. The molecule has 0 aliphatic rings. The Morgan fingerprint density at radius 2 is 1.73 bits per heavy atom. The van der Waals surface area contributed by atoms with E-state index in [1.807, 2.05) is 39.0 Å². The van der Waals surface area contributed by atoms with Crippen LogP contribution in [0.15, 0.2) is 42.5 Å². The number of amides is 2. The Bertz CT molecular complexity index is 766. The number of aryl methyl sites for hydroxylation is 2. The molecule has 0 saturated carbocycles. The monoisotopic (exact) mass is 354 g/mol. The Hall–Kier alpha value is -2.82. The van der Waals surface area contributed by atoms with Crippen molar-refractivity contribution in [3.05, 3.63) is 59.2 Å². The predicted octanol–water partition coefficient (Wildman–Crippen LogP) is 3.85. The Morgan fingerprint density at radius 3 is 2.38 bits per heavy atom. The smallest absolute Gasteiger partial charge is 0.265 e. The standard InChI is InChI=1S/C21H26N2O3/c1-5-10-22-21(25)18-8-6-7-9-19(18)23-20(24)16(4)26-17-12-14(2)11-15(3)13-17/h6-9,11-13,16H,5,10H2,1-4H3,(H,22,25)(H,23,24)/t16-/m0/s1. The summed E-state index contributed by atoms with van der Waals surface area (Å²) in [4.78, 5) is 24.8. The first-order valence-electron chi connectivity index (χ1n) is 8.83. The molecule has 1 atom stereocenters. The molecule has 0 saturated heterocycles. The number of benzene rings is 2. The number of carbonyl (C=O) groups is 2. The number of para-hydroxylation sites is 1. The SMILES string of the molecule is CCCNC(=O)c1ccccc1NC(=O)[C@H](C)Oc1cc(C)cc(C)c1. The lowest BCUT2D eigenvalue weighted by molar-refractivity contribution is -0.122. The maximum absolute atomic E-state index is 12.5. The van der Waals surface area contributed by atoms with Gasteiger partial charge in [0.05, 0.1) is 11.3 Å². The molecule has 0 unspecified atom stereocenters. The predicted molar refractivity (Wildman–Crippen MR) is 104 cm³/mol. The van der Waals surface area contributed by atoms with E-state index in [4.69, 9.17) is 4.74 Å². The fraction of sp³-hybridized carbons (Fsp3) is 0.333. The highest BCUT2D eigenvalue weighted by Gasteiger charge is 2.18. The van der Waals surface area contributed by atoms with Crippen LogP contribution in [0.4, 0.5) is 5.69 Å². The molecular weight excluding hydrogens is 328 g/mol. The summed E-state index contributed by atoms with van der Waals surface area (Å²) in [7, 11) is 0. The summed E-state index contributed by atoms with van der Waals surface area (Å²) in [5.41, 5.74) is 3.06. The minimum atomic E-state index is -0.692. The maximum Gasteiger partial charge on any atom is 0.265 e. The van der Waals surface area contributed by atoms with E-state index in [2.05, 4.69) is 10.6 Å². The first kappa shape index (κ1) is 19.5. The summed E-state index contributed by atoms with van der Waals surface area (Å²) in [5, 5.41) is 5.61. The van der Waals surface area contributed by atoms with E-state index in [1.165, 1.54) is 0 Å². The molecule has 5 nitrogen and oxygen atoms in total. The molecule has 138 valence electrons. The Balaban J connectivity index is 2.08. The van der Waals surface area contributed by atoms with Gasteiger partial charge in [-0.15, -0.1) is 0 Å². The van der Waals surface area contributed by atoms with Gasteiger partial charge in [0.15, 0.2) is 6.10 Å². The van der Waals surface area contributed by atoms with Crippen LogP contribution in [-0.4, -0.2) is 24.5 Å². The van der Waals surface area contributed by atoms with Crippen LogP contribution in [0.5, 0.6) is 5.75 Å². The maximum atomic E-state index is 12.5. The van der Waals surface area contributed by atoms with E-state index < -0.39 is 6.10 Å². The molecule has 26 heavy (non-hydrogen) atoms. The fourth-order valence-corrected chi connectivity index (χ4v) is 2.62. The summed E-state index contributed by atoms with van der Waals surface area (Å²) in [6.07, 6.45) is 0.157. The largest absolute Gasteiger partial charge is 0.481 e. The van der Waals surface area contributed by atoms with Gasteiger partial charge < -0.3 is 15.4 Å². The minimum absolute atomic E-state index is 0.203. The van der Waals surface area contributed by atoms with Gasteiger partial charge in [0.25, 0.3) is 11.8 Å². The molecular formula is C21H26N2O3. The second kappa shape index (κ2) is 9.04. The van der Waals surface area contributed by atoms with Gasteiger partial charge in [-0.3, -0.25) is 9.59 Å². The van der Waals surface area contributed by atoms with Gasteiger partial charge in [0.2, 0.25) is 0 Å². The molecule has 0 heterocycles. The highest BCUT2D eigenvalue weighted by atomic mass is 16.5. The Morgan fingerprint density at radius 1 is 1.08 bits per heavy atom. The molecule has 2 amide bonds. The number of rotatable bonds is 7. The fourth-order valence-electron chi connectivity index (χ4n) is 2.62. The third-order valence-corrected chi connectivity index (χ3v) is 3.84. The zero-order chi connectivity index (χ0) is 19.1. The Kier molecular flexibility index (Phi) is 6.78. The number of anilines is 1. The molecule has 0 aliphatic heterocycles. The Labute approximate surface area is 154 Å². The second-order valence-corrected chi connectivity index (χ2v) is 6.37. The lowest BCUT2D eigenvalue weighted by Crippen LogP contribution is -2.32. The van der Waals surface area contributed by atoms with Crippen molar-refractivity contribution in [3.63, 3.8) is 0 Å². The lowest BCUT2D eigenvalue weighted by Gasteiger charge is -2.17. The van der Waals surface area contributed by atoms with Gasteiger partial charge in [-0.2, -0.15) is 0 Å². The molecule has 0 radical (unpaired) electrons. The van der Waals surface area contributed by atoms with Gasteiger partial charge in [-0.1, -0.05) is 25.1 Å². The number of carbonyl (C=O) groups excluding carboxylic acids is 2. The van der Waals surface area contributed by atoms with Gasteiger partial charge in [0.1, 0.15) is 5.75 Å². The van der Waals surface area contributed by atoms with Crippen molar-refractivity contribution in [1.82, 2.24) is 5.32 Å². The number of hydrogen-bond donors (Lipinski definition) is 2. The van der Waals surface area contributed by atoms with Crippen LogP contribution in [0.2, 0.25) is 0 Å². The molecule has 2 aromatic carbocycles. The van der Waals surface area contributed by atoms with E-state index in [0.29, 0.717) is 23.5 Å². The zero-order valence-corrected chi connectivity index (χ0v) is 15.8. The number of hydrogen-bond acceptors (Lipinski definition) is 3. The first-order chi connectivity index (χ1) is 12.4. The molecule has 0 fully saturated rings. The van der Waals surface area contributed by atoms with E-state index in [-0.39, 0.29) is 11.8 Å². The number of ether oxygens (including phenoxy) is 1. The summed E-state index contributed by atoms with van der Waals surface area (Å²) < 4.78 is 5.76. The highest BCUT2D eigenvalue weighted by Crippen LogP contribution is 2.19. The summed E-state index contributed by atoms with van der Waals surface area (Å²) in [5.74, 6) is 0.143. The topological polar surface area (TPSA) is 67.4 Å². The van der Waals surface area contributed by atoms with Crippen molar-refractivity contribution in [2.45, 2.75) is 40.2 Å². The molecule has 2 rings (SSSR count). The third kappa shape index (κ3) is 5.34. The normalized spacial score (nSPS) is 11.5. The van der Waals surface area contributed by atoms with E-state index in [1.54, 1.807) is 31.2 Å². The third-order valence-electron chi connectivity index (χ3n) is 3.84. The van der Waals surface area contributed by atoms with E-state index >= 15 is 0 Å². The molecule has 2 aromatic rings. The van der Waals surface area contributed by atoms with Crippen molar-refractivity contribution >= 4 is 17.5 Å². The van der Waals surface area contributed by atoms with Crippen molar-refractivity contribution in [2.24, 2.45) is 0 Å². The van der Waals surface area contributed by atoms with Gasteiger partial charge in [-0.25, -0.2) is 0 Å². The van der Waals surface area contributed by atoms with Crippen LogP contribution in [0.25, 0.3) is 0 Å². The molecule has 2 N–H and O–H groups in total. The average Bonchev–Trinajstić information content (AvgIpc) is 2.59. The molecule has 0 bridgehead atoms. The second-order valence-electron chi connectivity index (χ2n) is 6.37. The minimum Gasteiger partial charge on any atom is -0.481 e. The van der Waals surface area contributed by atoms with E-state index in [9.17, 15) is 9.59 Å². The van der Waals surface area contributed by atoms with Crippen LogP contribution in [0.3, 0.4) is 0 Å². The van der Waals surface area contributed by atoms with E-state index in [0.717, 1.165) is 17.5 Å². The molecule has 0 aliphatic carbocycles. The van der Waals surface area contributed by atoms with Crippen molar-refractivity contribution in [3.8, 4) is 5.75 Å². The van der Waals surface area contributed by atoms with Crippen LogP contribution < -0.4 is 15.4 Å². The average molecular weight is 354 g/mol. The summed E-state index contributed by atoms with van der Waals surface area (Å²) >= 11 is 0. The summed E-state index contributed by atoms with van der Waals surface area (Å²) in [6, 6.07) is 12.8. The first-order valence-corrected chi connectivity index (χ1v) is 8.83. The van der Waals surface area contributed by atoms with Crippen LogP contribution >= 0.6 is 0 Å². The van der Waals surface area contributed by atoms with Gasteiger partial charge >= 0.3 is 0 Å². The van der Waals surface area contributed by atoms with Gasteiger partial charge in [0, 0.05) is 6.54 Å².